The summed E-state index contributed by atoms with van der Waals surface area (Å²) in [6.45, 7) is 5.69. The number of ether oxygens (including phenoxy) is 1. The maximum absolute atomic E-state index is 13.3. The van der Waals surface area contributed by atoms with Crippen molar-refractivity contribution in [3.63, 3.8) is 0 Å². The number of amides is 1. The number of thiophene rings is 1. The van der Waals surface area contributed by atoms with Gasteiger partial charge in [0.25, 0.3) is 0 Å². The normalized spacial score (nSPS) is 18.7. The first kappa shape index (κ1) is 20.3. The molecule has 2 aliphatic heterocycles. The quantitative estimate of drug-likeness (QED) is 0.738. The molecule has 0 aliphatic carbocycles. The molecular weight excluding hydrogens is 410 g/mol. The van der Waals surface area contributed by atoms with Gasteiger partial charge in [0.15, 0.2) is 0 Å². The lowest BCUT2D eigenvalue weighted by Crippen LogP contribution is -2.37. The monoisotopic (exact) mass is 435 g/mol. The molecule has 0 unspecified atom stereocenters. The number of fused-ring (bicyclic) bond motifs is 1. The minimum atomic E-state index is -3.64. The van der Waals surface area contributed by atoms with Gasteiger partial charge in [-0.15, -0.1) is 11.3 Å². The summed E-state index contributed by atoms with van der Waals surface area (Å²) in [7, 11) is -3.64. The van der Waals surface area contributed by atoms with Gasteiger partial charge in [-0.2, -0.15) is 4.31 Å². The number of hydrogen-bond acceptors (Lipinski definition) is 6. The van der Waals surface area contributed by atoms with Gasteiger partial charge in [-0.1, -0.05) is 6.07 Å². The molecule has 9 heteroatoms. The summed E-state index contributed by atoms with van der Waals surface area (Å²) in [5, 5.41) is 2.06. The minimum absolute atomic E-state index is 0.122. The van der Waals surface area contributed by atoms with Gasteiger partial charge < -0.3 is 9.64 Å². The standard InChI is InChI=1S/C20H25N3O4S2/c1-16(24)23-11-12-27-20-6-5-18(14-19(20)23)29(25,26)22-8-3-7-21(9-10-22)15-17-4-2-13-28-17/h2,4-6,13-14H,3,7-12,15H2,1H3. The molecular formula is C20H25N3O4S2. The summed E-state index contributed by atoms with van der Waals surface area (Å²) in [6.07, 6.45) is 0.790. The molecule has 2 aliphatic rings. The van der Waals surface area contributed by atoms with Crippen LogP contribution >= 0.6 is 11.3 Å². The van der Waals surface area contributed by atoms with E-state index in [1.54, 1.807) is 38.7 Å². The van der Waals surface area contributed by atoms with Crippen LogP contribution in [0.15, 0.2) is 40.6 Å². The van der Waals surface area contributed by atoms with Crippen LogP contribution < -0.4 is 9.64 Å². The van der Waals surface area contributed by atoms with Gasteiger partial charge in [0.2, 0.25) is 15.9 Å². The third-order valence-corrected chi connectivity index (χ3v) is 8.07. The van der Waals surface area contributed by atoms with E-state index in [1.807, 2.05) is 6.07 Å². The number of anilines is 1. The summed E-state index contributed by atoms with van der Waals surface area (Å²) in [5.74, 6) is 0.423. The Balaban J connectivity index is 1.52. The van der Waals surface area contributed by atoms with Gasteiger partial charge in [-0.05, 0) is 42.6 Å². The molecule has 156 valence electrons. The first-order valence-electron chi connectivity index (χ1n) is 9.75. The summed E-state index contributed by atoms with van der Waals surface area (Å²) >= 11 is 1.72. The summed E-state index contributed by atoms with van der Waals surface area (Å²) < 4.78 is 33.7. The average Bonchev–Trinajstić information content (AvgIpc) is 3.10. The zero-order chi connectivity index (χ0) is 20.4. The van der Waals surface area contributed by atoms with Crippen molar-refractivity contribution in [1.29, 1.82) is 0 Å². The number of benzene rings is 1. The topological polar surface area (TPSA) is 70.2 Å². The number of hydrogen-bond donors (Lipinski definition) is 0. The van der Waals surface area contributed by atoms with Gasteiger partial charge in [-0.3, -0.25) is 9.69 Å². The third-order valence-electron chi connectivity index (χ3n) is 5.32. The van der Waals surface area contributed by atoms with Crippen molar-refractivity contribution in [2.75, 3.05) is 44.2 Å². The van der Waals surface area contributed by atoms with Crippen LogP contribution in [0.3, 0.4) is 0 Å². The molecule has 0 atom stereocenters. The van der Waals surface area contributed by atoms with E-state index in [9.17, 15) is 13.2 Å². The van der Waals surface area contributed by atoms with Crippen LogP contribution in [0.5, 0.6) is 5.75 Å². The summed E-state index contributed by atoms with van der Waals surface area (Å²) in [5.41, 5.74) is 0.527. The maximum atomic E-state index is 13.3. The number of carbonyl (C=O) groups is 1. The molecule has 1 aromatic heterocycles. The lowest BCUT2D eigenvalue weighted by Gasteiger charge is -2.29. The fraction of sp³-hybridized carbons (Fsp3) is 0.450. The van der Waals surface area contributed by atoms with Crippen molar-refractivity contribution in [1.82, 2.24) is 9.21 Å². The van der Waals surface area contributed by atoms with Gasteiger partial charge in [-0.25, -0.2) is 8.42 Å². The second-order valence-corrected chi connectivity index (χ2v) is 10.2. The van der Waals surface area contributed by atoms with E-state index >= 15 is 0 Å². The highest BCUT2D eigenvalue weighted by Gasteiger charge is 2.30. The Bertz CT molecular complexity index is 976. The number of rotatable bonds is 4. The molecule has 29 heavy (non-hydrogen) atoms. The average molecular weight is 436 g/mol. The van der Waals surface area contributed by atoms with Crippen molar-refractivity contribution in [2.24, 2.45) is 0 Å². The lowest BCUT2D eigenvalue weighted by molar-refractivity contribution is -0.116. The molecule has 7 nitrogen and oxygen atoms in total. The van der Waals surface area contributed by atoms with E-state index in [0.717, 1.165) is 19.5 Å². The van der Waals surface area contributed by atoms with Gasteiger partial charge >= 0.3 is 0 Å². The van der Waals surface area contributed by atoms with Crippen LogP contribution in [0.2, 0.25) is 0 Å². The fourth-order valence-corrected chi connectivity index (χ4v) is 6.04. The second kappa shape index (κ2) is 8.43. The molecule has 1 fully saturated rings. The van der Waals surface area contributed by atoms with Gasteiger partial charge in [0.05, 0.1) is 17.1 Å². The Hall–Kier alpha value is -1.94. The second-order valence-electron chi connectivity index (χ2n) is 7.26. The van der Waals surface area contributed by atoms with Crippen LogP contribution in [-0.4, -0.2) is 62.9 Å². The fourth-order valence-electron chi connectivity index (χ4n) is 3.80. The maximum Gasteiger partial charge on any atom is 0.243 e. The smallest absolute Gasteiger partial charge is 0.243 e. The van der Waals surface area contributed by atoms with Crippen molar-refractivity contribution in [3.8, 4) is 5.75 Å². The summed E-state index contributed by atoms with van der Waals surface area (Å²) in [4.78, 5) is 17.3. The van der Waals surface area contributed by atoms with Crippen LogP contribution in [0.1, 0.15) is 18.2 Å². The minimum Gasteiger partial charge on any atom is -0.490 e. The molecule has 3 heterocycles. The lowest BCUT2D eigenvalue weighted by atomic mass is 10.2. The highest BCUT2D eigenvalue weighted by atomic mass is 32.2. The Morgan fingerprint density at radius 1 is 1.14 bits per heavy atom. The Kier molecular flexibility index (Phi) is 5.91. The van der Waals surface area contributed by atoms with Gasteiger partial charge in [0, 0.05) is 38.0 Å². The van der Waals surface area contributed by atoms with E-state index in [4.69, 9.17) is 4.74 Å². The van der Waals surface area contributed by atoms with E-state index in [0.29, 0.717) is 44.2 Å². The number of carbonyl (C=O) groups excluding carboxylic acids is 1. The van der Waals surface area contributed by atoms with Crippen molar-refractivity contribution >= 4 is 33.0 Å². The Morgan fingerprint density at radius 3 is 2.76 bits per heavy atom. The molecule has 1 aromatic carbocycles. The Morgan fingerprint density at radius 2 is 2.00 bits per heavy atom. The molecule has 0 spiro atoms. The molecule has 2 aromatic rings. The van der Waals surface area contributed by atoms with Crippen LogP contribution in [-0.2, 0) is 21.4 Å². The van der Waals surface area contributed by atoms with Crippen LogP contribution in [0.25, 0.3) is 0 Å². The van der Waals surface area contributed by atoms with Crippen LogP contribution in [0, 0.1) is 0 Å². The summed E-state index contributed by atoms with van der Waals surface area (Å²) in [6, 6.07) is 8.95. The predicted octanol–water partition coefficient (Wildman–Crippen LogP) is 2.39. The van der Waals surface area contributed by atoms with E-state index in [-0.39, 0.29) is 10.8 Å². The molecule has 4 rings (SSSR count). The number of sulfonamides is 1. The van der Waals surface area contributed by atoms with Crippen molar-refractivity contribution < 1.29 is 17.9 Å². The molecule has 0 bridgehead atoms. The number of nitrogens with zero attached hydrogens (tertiary/aromatic N) is 3. The van der Waals surface area contributed by atoms with E-state index in [1.165, 1.54) is 11.8 Å². The first-order chi connectivity index (χ1) is 13.9. The molecule has 0 radical (unpaired) electrons. The molecule has 1 saturated heterocycles. The Labute approximate surface area is 175 Å². The zero-order valence-corrected chi connectivity index (χ0v) is 18.0. The van der Waals surface area contributed by atoms with Crippen molar-refractivity contribution in [3.05, 3.63) is 40.6 Å². The third kappa shape index (κ3) is 4.32. The first-order valence-corrected chi connectivity index (χ1v) is 12.1. The largest absolute Gasteiger partial charge is 0.490 e. The van der Waals surface area contributed by atoms with Gasteiger partial charge in [0.1, 0.15) is 12.4 Å². The SMILES string of the molecule is CC(=O)N1CCOc2ccc(S(=O)(=O)N3CCCN(Cc4cccs4)CC3)cc21. The van der Waals surface area contributed by atoms with E-state index < -0.39 is 10.0 Å². The molecule has 0 N–H and O–H groups in total. The predicted molar refractivity (Wildman–Crippen MR) is 113 cm³/mol. The highest BCUT2D eigenvalue weighted by molar-refractivity contribution is 7.89. The molecule has 0 saturated carbocycles. The molecule has 1 amide bonds. The van der Waals surface area contributed by atoms with Crippen molar-refractivity contribution in [2.45, 2.75) is 24.8 Å². The zero-order valence-electron chi connectivity index (χ0n) is 16.4. The highest BCUT2D eigenvalue weighted by Crippen LogP contribution is 2.34. The van der Waals surface area contributed by atoms with E-state index in [2.05, 4.69) is 16.3 Å². The van der Waals surface area contributed by atoms with Crippen LogP contribution in [0.4, 0.5) is 5.69 Å².